The van der Waals surface area contributed by atoms with Crippen molar-refractivity contribution in [3.05, 3.63) is 72.4 Å². The van der Waals surface area contributed by atoms with Crippen molar-refractivity contribution in [3.8, 4) is 0 Å². The van der Waals surface area contributed by atoms with Gasteiger partial charge in [-0.2, -0.15) is 0 Å². The van der Waals surface area contributed by atoms with Gasteiger partial charge in [-0.25, -0.2) is 9.59 Å². The Bertz CT molecular complexity index is 717. The van der Waals surface area contributed by atoms with Crippen molar-refractivity contribution in [3.63, 3.8) is 0 Å². The number of carbonyl (C=O) groups is 3. The van der Waals surface area contributed by atoms with E-state index >= 15 is 0 Å². The van der Waals surface area contributed by atoms with Gasteiger partial charge in [-0.05, 0) is 18.9 Å². The van der Waals surface area contributed by atoms with Crippen molar-refractivity contribution in [1.82, 2.24) is 0 Å². The lowest BCUT2D eigenvalue weighted by atomic mass is 9.80. The van der Waals surface area contributed by atoms with Gasteiger partial charge in [0, 0.05) is 18.1 Å². The van der Waals surface area contributed by atoms with Crippen LogP contribution in [0.3, 0.4) is 0 Å². The molecule has 0 aliphatic heterocycles. The van der Waals surface area contributed by atoms with Gasteiger partial charge in [-0.15, -0.1) is 0 Å². The molecule has 0 aromatic heterocycles. The fourth-order valence-electron chi connectivity index (χ4n) is 2.16. The minimum absolute atomic E-state index is 0.0359. The molecule has 6 nitrogen and oxygen atoms in total. The first kappa shape index (κ1) is 20.9. The number of allylic oxidation sites excluding steroid dienone is 2. The summed E-state index contributed by atoms with van der Waals surface area (Å²) in [7, 11) is 0. The Morgan fingerprint density at radius 2 is 1.88 bits per heavy atom. The molecule has 2 rings (SSSR count). The molecule has 138 valence electrons. The molecule has 0 amide bonds. The van der Waals surface area contributed by atoms with Crippen molar-refractivity contribution in [1.29, 1.82) is 0 Å². The maximum atomic E-state index is 10.8. The van der Waals surface area contributed by atoms with E-state index in [0.717, 1.165) is 6.42 Å². The summed E-state index contributed by atoms with van der Waals surface area (Å²) in [5, 5.41) is 17.5. The van der Waals surface area contributed by atoms with E-state index in [2.05, 4.69) is 6.58 Å². The van der Waals surface area contributed by atoms with Crippen LogP contribution in [0.25, 0.3) is 0 Å². The zero-order valence-electron chi connectivity index (χ0n) is 14.6. The summed E-state index contributed by atoms with van der Waals surface area (Å²) in [5.74, 6) is -2.43. The Labute approximate surface area is 152 Å². The fourth-order valence-corrected chi connectivity index (χ4v) is 2.16. The van der Waals surface area contributed by atoms with Crippen LogP contribution in [0.4, 0.5) is 0 Å². The molecule has 0 fully saturated rings. The van der Waals surface area contributed by atoms with E-state index < -0.39 is 17.4 Å². The van der Waals surface area contributed by atoms with E-state index in [4.69, 9.17) is 14.9 Å². The van der Waals surface area contributed by atoms with Crippen LogP contribution in [0.5, 0.6) is 0 Å². The highest BCUT2D eigenvalue weighted by Gasteiger charge is 2.34. The van der Waals surface area contributed by atoms with Crippen molar-refractivity contribution in [2.75, 3.05) is 6.61 Å². The maximum absolute atomic E-state index is 10.8. The van der Waals surface area contributed by atoms with Crippen LogP contribution in [0.2, 0.25) is 0 Å². The first-order valence-electron chi connectivity index (χ1n) is 7.96. The predicted octanol–water partition coefficient (Wildman–Crippen LogP) is 3.01. The van der Waals surface area contributed by atoms with Crippen LogP contribution in [-0.4, -0.2) is 34.7 Å². The molecule has 1 atom stereocenters. The molecule has 1 aliphatic carbocycles. The second-order valence-corrected chi connectivity index (χ2v) is 5.86. The maximum Gasteiger partial charge on any atom is 0.331 e. The highest BCUT2D eigenvalue weighted by molar-refractivity contribution is 5.90. The molecule has 2 N–H and O–H groups in total. The van der Waals surface area contributed by atoms with Crippen molar-refractivity contribution >= 4 is 17.9 Å². The van der Waals surface area contributed by atoms with Gasteiger partial charge >= 0.3 is 17.9 Å². The number of hydrogen-bond acceptors (Lipinski definition) is 4. The Balaban J connectivity index is 0.000000260. The van der Waals surface area contributed by atoms with Crippen LogP contribution in [0.15, 0.2) is 66.8 Å². The van der Waals surface area contributed by atoms with Gasteiger partial charge in [0.2, 0.25) is 0 Å². The zero-order chi connectivity index (χ0) is 19.6. The number of carboxylic acids is 2. The molecular weight excluding hydrogens is 336 g/mol. The third-order valence-electron chi connectivity index (χ3n) is 3.73. The Morgan fingerprint density at radius 3 is 2.42 bits per heavy atom. The molecule has 0 heterocycles. The third-order valence-corrected chi connectivity index (χ3v) is 3.73. The lowest BCUT2D eigenvalue weighted by Gasteiger charge is -2.23. The monoisotopic (exact) mass is 358 g/mol. The second-order valence-electron chi connectivity index (χ2n) is 5.86. The number of ether oxygens (including phenoxy) is 1. The molecule has 1 unspecified atom stereocenters. The standard InChI is InChI=1S/C11H12O2.C9H10O4/c1-2-11(12)13-9-8-10-6-4-3-5-7-10;1-9(8(12)13)4-2-3-6(5-9)7(10)11/h2-7H,1,8-9H2;2-4H,5H2,1H3,(H,10,11)(H,12,13). The summed E-state index contributed by atoms with van der Waals surface area (Å²) in [6.45, 7) is 5.23. The van der Waals surface area contributed by atoms with Crippen LogP contribution < -0.4 is 0 Å². The number of carboxylic acid groups (broad SMARTS) is 2. The molecule has 1 aromatic carbocycles. The smallest absolute Gasteiger partial charge is 0.331 e. The lowest BCUT2D eigenvalue weighted by molar-refractivity contribution is -0.145. The van der Waals surface area contributed by atoms with E-state index in [-0.39, 0.29) is 18.0 Å². The normalized spacial score (nSPS) is 18.0. The summed E-state index contributed by atoms with van der Waals surface area (Å²) in [5.41, 5.74) is 0.217. The molecule has 0 bridgehead atoms. The van der Waals surface area contributed by atoms with E-state index in [9.17, 15) is 14.4 Å². The second kappa shape index (κ2) is 9.98. The van der Waals surface area contributed by atoms with Gasteiger partial charge in [0.05, 0.1) is 12.0 Å². The molecule has 0 saturated carbocycles. The first-order valence-corrected chi connectivity index (χ1v) is 7.96. The number of carbonyl (C=O) groups excluding carboxylic acids is 1. The summed E-state index contributed by atoms with van der Waals surface area (Å²) in [6.07, 6.45) is 6.36. The first-order chi connectivity index (χ1) is 12.3. The van der Waals surface area contributed by atoms with Gasteiger partial charge < -0.3 is 14.9 Å². The van der Waals surface area contributed by atoms with Crippen LogP contribution in [0.1, 0.15) is 18.9 Å². The van der Waals surface area contributed by atoms with Crippen LogP contribution in [0, 0.1) is 5.41 Å². The van der Waals surface area contributed by atoms with Crippen molar-refractivity contribution < 1.29 is 29.3 Å². The molecular formula is C20H22O6. The summed E-state index contributed by atoms with van der Waals surface area (Å²) in [6, 6.07) is 9.89. The molecule has 1 aromatic rings. The van der Waals surface area contributed by atoms with Crippen LogP contribution in [-0.2, 0) is 25.5 Å². The molecule has 0 saturated heterocycles. The minimum Gasteiger partial charge on any atom is -0.481 e. The number of rotatable bonds is 6. The van der Waals surface area contributed by atoms with Crippen molar-refractivity contribution in [2.45, 2.75) is 19.8 Å². The van der Waals surface area contributed by atoms with Crippen molar-refractivity contribution in [2.24, 2.45) is 5.41 Å². The molecule has 0 radical (unpaired) electrons. The highest BCUT2D eigenvalue weighted by atomic mass is 16.5. The van der Waals surface area contributed by atoms with Gasteiger partial charge in [0.15, 0.2) is 0 Å². The molecule has 6 heteroatoms. The van der Waals surface area contributed by atoms with E-state index in [1.807, 2.05) is 30.3 Å². The highest BCUT2D eigenvalue weighted by Crippen LogP contribution is 2.31. The van der Waals surface area contributed by atoms with Gasteiger partial charge in [-0.3, -0.25) is 4.79 Å². The van der Waals surface area contributed by atoms with Gasteiger partial charge in [0.25, 0.3) is 0 Å². The minimum atomic E-state index is -1.08. The van der Waals surface area contributed by atoms with Gasteiger partial charge in [-0.1, -0.05) is 55.1 Å². The van der Waals surface area contributed by atoms with E-state index in [1.54, 1.807) is 0 Å². The summed E-state index contributed by atoms with van der Waals surface area (Å²) < 4.78 is 4.84. The Morgan fingerprint density at radius 1 is 1.23 bits per heavy atom. The largest absolute Gasteiger partial charge is 0.481 e. The van der Waals surface area contributed by atoms with Crippen LogP contribution >= 0.6 is 0 Å². The summed E-state index contributed by atoms with van der Waals surface area (Å²) >= 11 is 0. The molecule has 1 aliphatic rings. The lowest BCUT2D eigenvalue weighted by Crippen LogP contribution is -2.28. The third kappa shape index (κ3) is 6.76. The Hall–Kier alpha value is -3.15. The SMILES string of the molecule is C=CC(=O)OCCc1ccccc1.CC1(C(=O)O)C=CC=C(C(=O)O)C1. The topological polar surface area (TPSA) is 101 Å². The number of hydrogen-bond donors (Lipinski definition) is 2. The fraction of sp³-hybridized carbons (Fsp3) is 0.250. The van der Waals surface area contributed by atoms with Gasteiger partial charge in [0.1, 0.15) is 0 Å². The molecule has 26 heavy (non-hydrogen) atoms. The summed E-state index contributed by atoms with van der Waals surface area (Å²) in [4.78, 5) is 32.0. The quantitative estimate of drug-likeness (QED) is 0.599. The Kier molecular flexibility index (Phi) is 8.02. The predicted molar refractivity (Wildman–Crippen MR) is 96.5 cm³/mol. The zero-order valence-corrected chi connectivity index (χ0v) is 14.6. The number of esters is 1. The number of aliphatic carboxylic acids is 2. The average Bonchev–Trinajstić information content (AvgIpc) is 2.63. The molecule has 0 spiro atoms. The van der Waals surface area contributed by atoms with E-state index in [1.165, 1.54) is 36.8 Å². The van der Waals surface area contributed by atoms with E-state index in [0.29, 0.717) is 6.61 Å². The number of benzene rings is 1. The average molecular weight is 358 g/mol.